The number of benzene rings is 2. The number of nitrogens with two attached hydrogens (primary N) is 1. The second-order valence-electron chi connectivity index (χ2n) is 7.20. The average Bonchev–Trinajstić information content (AvgIpc) is 2.77. The van der Waals surface area contributed by atoms with Crippen LogP contribution in [0, 0.1) is 0 Å². The van der Waals surface area contributed by atoms with Crippen LogP contribution >= 0.6 is 0 Å². The molecule has 0 radical (unpaired) electrons. The lowest BCUT2D eigenvalue weighted by atomic mass is 10.1. The number of nitrogens with zero attached hydrogens (tertiary/aromatic N) is 1. The number of anilines is 1. The molecule has 174 valence electrons. The Morgan fingerprint density at radius 2 is 1.53 bits per heavy atom. The Balaban J connectivity index is 1.44. The van der Waals surface area contributed by atoms with Crippen LogP contribution in [0.5, 0.6) is 0 Å². The zero-order valence-electron chi connectivity index (χ0n) is 17.4. The summed E-state index contributed by atoms with van der Waals surface area (Å²) in [7, 11) is -7.29. The molecule has 1 aliphatic rings. The summed E-state index contributed by atoms with van der Waals surface area (Å²) in [5, 5.41) is 10.8. The molecule has 0 aromatic heterocycles. The summed E-state index contributed by atoms with van der Waals surface area (Å²) < 4.78 is 54.3. The van der Waals surface area contributed by atoms with E-state index in [1.165, 1.54) is 28.6 Å². The fourth-order valence-corrected chi connectivity index (χ4v) is 5.06. The van der Waals surface area contributed by atoms with Crippen molar-refractivity contribution in [3.63, 3.8) is 0 Å². The molecule has 0 unspecified atom stereocenters. The number of primary sulfonamides is 1. The lowest BCUT2D eigenvalue weighted by molar-refractivity contribution is -0.115. The quantitative estimate of drug-likeness (QED) is 0.430. The fourth-order valence-electron chi connectivity index (χ4n) is 3.13. The van der Waals surface area contributed by atoms with E-state index in [9.17, 15) is 21.6 Å². The second kappa shape index (κ2) is 10.5. The third kappa shape index (κ3) is 6.58. The Labute approximate surface area is 187 Å². The molecule has 1 aliphatic heterocycles. The van der Waals surface area contributed by atoms with E-state index in [1.54, 1.807) is 24.3 Å². The summed E-state index contributed by atoms with van der Waals surface area (Å²) >= 11 is 0. The molecule has 3 rings (SSSR count). The average molecular weight is 483 g/mol. The van der Waals surface area contributed by atoms with Crippen molar-refractivity contribution in [2.75, 3.05) is 44.7 Å². The first-order chi connectivity index (χ1) is 15.2. The predicted octanol–water partition coefficient (Wildman–Crippen LogP) is 0.126. The molecule has 2 aromatic rings. The molecule has 0 aliphatic carbocycles. The summed E-state index contributed by atoms with van der Waals surface area (Å²) in [6.07, 6.45) is 0.603. The van der Waals surface area contributed by atoms with Gasteiger partial charge in [-0.1, -0.05) is 12.1 Å². The van der Waals surface area contributed by atoms with Gasteiger partial charge in [0.1, 0.15) is 0 Å². The molecule has 12 heteroatoms. The van der Waals surface area contributed by atoms with Crippen molar-refractivity contribution in [3.05, 3.63) is 54.1 Å². The van der Waals surface area contributed by atoms with Crippen LogP contribution in [0.2, 0.25) is 0 Å². The highest BCUT2D eigenvalue weighted by Gasteiger charge is 2.26. The Hall–Kier alpha value is -2.35. The SMILES string of the molecule is NS(=O)(=O)c1ccc(CCNCC(=O)Nc2ccc(S(=O)(=O)N3CCOCC3)cc2)cc1. The molecular formula is C20H26N4O6S2. The van der Waals surface area contributed by atoms with Crippen LogP contribution in [0.25, 0.3) is 0 Å². The Morgan fingerprint density at radius 1 is 0.938 bits per heavy atom. The van der Waals surface area contributed by atoms with Gasteiger partial charge in [0, 0.05) is 18.8 Å². The van der Waals surface area contributed by atoms with Gasteiger partial charge in [0.15, 0.2) is 0 Å². The molecule has 0 saturated carbocycles. The van der Waals surface area contributed by atoms with E-state index in [2.05, 4.69) is 10.6 Å². The smallest absolute Gasteiger partial charge is 0.243 e. The third-order valence-corrected chi connectivity index (χ3v) is 7.72. The number of rotatable bonds is 9. The van der Waals surface area contributed by atoms with E-state index < -0.39 is 20.0 Å². The van der Waals surface area contributed by atoms with Crippen LogP contribution in [0.1, 0.15) is 5.56 Å². The van der Waals surface area contributed by atoms with Gasteiger partial charge in [-0.25, -0.2) is 22.0 Å². The largest absolute Gasteiger partial charge is 0.379 e. The first-order valence-corrected chi connectivity index (χ1v) is 13.0. The Bertz CT molecular complexity index is 1130. The van der Waals surface area contributed by atoms with Crippen molar-refractivity contribution in [3.8, 4) is 0 Å². The minimum atomic E-state index is -3.71. The van der Waals surface area contributed by atoms with Crippen LogP contribution in [0.15, 0.2) is 58.3 Å². The molecule has 1 fully saturated rings. The molecule has 10 nitrogen and oxygen atoms in total. The maximum atomic E-state index is 12.6. The molecule has 0 bridgehead atoms. The number of hydrogen-bond acceptors (Lipinski definition) is 7. The zero-order chi connectivity index (χ0) is 23.2. The van der Waals surface area contributed by atoms with E-state index in [0.717, 1.165) is 5.56 Å². The van der Waals surface area contributed by atoms with Gasteiger partial charge in [0.2, 0.25) is 26.0 Å². The van der Waals surface area contributed by atoms with Crippen molar-refractivity contribution in [1.82, 2.24) is 9.62 Å². The number of nitrogens with one attached hydrogen (secondary N) is 2. The molecule has 4 N–H and O–H groups in total. The first-order valence-electron chi connectivity index (χ1n) is 9.96. The van der Waals surface area contributed by atoms with Crippen LogP contribution < -0.4 is 15.8 Å². The summed E-state index contributed by atoms with van der Waals surface area (Å²) in [4.78, 5) is 12.3. The monoisotopic (exact) mass is 482 g/mol. The fraction of sp³-hybridized carbons (Fsp3) is 0.350. The molecule has 32 heavy (non-hydrogen) atoms. The molecular weight excluding hydrogens is 456 g/mol. The van der Waals surface area contributed by atoms with Gasteiger partial charge >= 0.3 is 0 Å². The topological polar surface area (TPSA) is 148 Å². The van der Waals surface area contributed by atoms with Gasteiger partial charge in [-0.2, -0.15) is 4.31 Å². The van der Waals surface area contributed by atoms with E-state index in [1.807, 2.05) is 0 Å². The summed E-state index contributed by atoms with van der Waals surface area (Å²) in [6, 6.07) is 12.3. The van der Waals surface area contributed by atoms with E-state index >= 15 is 0 Å². The van der Waals surface area contributed by atoms with E-state index in [-0.39, 0.29) is 22.2 Å². The summed E-state index contributed by atoms with van der Waals surface area (Å²) in [5.41, 5.74) is 1.40. The van der Waals surface area contributed by atoms with E-state index in [0.29, 0.717) is 45.0 Å². The first kappa shape index (κ1) is 24.3. The third-order valence-electron chi connectivity index (χ3n) is 4.87. The molecule has 0 spiro atoms. The Morgan fingerprint density at radius 3 is 2.12 bits per heavy atom. The van der Waals surface area contributed by atoms with E-state index in [4.69, 9.17) is 9.88 Å². The van der Waals surface area contributed by atoms with Gasteiger partial charge in [-0.05, 0) is 54.9 Å². The number of carbonyl (C=O) groups excluding carboxylic acids is 1. The number of amides is 1. The second-order valence-corrected chi connectivity index (χ2v) is 10.7. The maximum Gasteiger partial charge on any atom is 0.243 e. The number of hydrogen-bond donors (Lipinski definition) is 3. The van der Waals surface area contributed by atoms with Crippen molar-refractivity contribution < 1.29 is 26.4 Å². The van der Waals surface area contributed by atoms with Gasteiger partial charge in [-0.3, -0.25) is 4.79 Å². The lowest BCUT2D eigenvalue weighted by Gasteiger charge is -2.26. The van der Waals surface area contributed by atoms with Crippen molar-refractivity contribution >= 4 is 31.6 Å². The molecule has 1 heterocycles. The number of carbonyl (C=O) groups is 1. The lowest BCUT2D eigenvalue weighted by Crippen LogP contribution is -2.40. The van der Waals surface area contributed by atoms with Gasteiger partial charge in [0.25, 0.3) is 0 Å². The number of ether oxygens (including phenoxy) is 1. The van der Waals surface area contributed by atoms with Crippen LogP contribution in [-0.4, -0.2) is 66.4 Å². The highest BCUT2D eigenvalue weighted by molar-refractivity contribution is 7.89. The zero-order valence-corrected chi connectivity index (χ0v) is 19.0. The minimum absolute atomic E-state index is 0.0531. The van der Waals surface area contributed by atoms with Crippen molar-refractivity contribution in [1.29, 1.82) is 0 Å². The highest BCUT2D eigenvalue weighted by atomic mass is 32.2. The predicted molar refractivity (Wildman–Crippen MR) is 119 cm³/mol. The van der Waals surface area contributed by atoms with Gasteiger partial charge < -0.3 is 15.4 Å². The van der Waals surface area contributed by atoms with Crippen LogP contribution in [0.4, 0.5) is 5.69 Å². The Kier molecular flexibility index (Phi) is 7.98. The molecule has 0 atom stereocenters. The van der Waals surface area contributed by atoms with Crippen molar-refractivity contribution in [2.45, 2.75) is 16.2 Å². The van der Waals surface area contributed by atoms with Gasteiger partial charge in [-0.15, -0.1) is 0 Å². The molecule has 1 saturated heterocycles. The number of sulfonamides is 2. The van der Waals surface area contributed by atoms with Gasteiger partial charge in [0.05, 0.1) is 29.5 Å². The van der Waals surface area contributed by atoms with Crippen LogP contribution in [0.3, 0.4) is 0 Å². The normalized spacial score (nSPS) is 15.4. The number of morpholine rings is 1. The highest BCUT2D eigenvalue weighted by Crippen LogP contribution is 2.19. The van der Waals surface area contributed by atoms with Crippen molar-refractivity contribution in [2.24, 2.45) is 5.14 Å². The summed E-state index contributed by atoms with van der Waals surface area (Å²) in [5.74, 6) is -0.265. The maximum absolute atomic E-state index is 12.6. The standard InChI is InChI=1S/C20H26N4O6S2/c21-31(26,27)18-5-1-16(2-6-18)9-10-22-15-20(25)23-17-3-7-19(8-4-17)32(28,29)24-11-13-30-14-12-24/h1-8,22H,9-15H2,(H,23,25)(H2,21,26,27). The molecule has 2 aromatic carbocycles. The van der Waals surface area contributed by atoms with Crippen LogP contribution in [-0.2, 0) is 36.0 Å². The summed E-state index contributed by atoms with van der Waals surface area (Å²) in [6.45, 7) is 1.98. The molecule has 1 amide bonds. The minimum Gasteiger partial charge on any atom is -0.379 e.